The largest absolute Gasteiger partial charge is 0.385 e. The van der Waals surface area contributed by atoms with Crippen molar-refractivity contribution in [2.75, 3.05) is 0 Å². The number of ketones is 2. The first kappa shape index (κ1) is 26.4. The summed E-state index contributed by atoms with van der Waals surface area (Å²) in [6.45, 7) is 7.95. The number of aliphatic hydroxyl groups is 1. The molecule has 0 radical (unpaired) electrons. The Morgan fingerprint density at radius 2 is 1.84 bits per heavy atom. The second kappa shape index (κ2) is 10.1. The highest BCUT2D eigenvalue weighted by Crippen LogP contribution is 2.55. The SMILES string of the molecule is CC1=C[C@@H](C)CC=C[C@H]2C=C(C)[C@@H](C)[C@H]3[C@H](Cc4c[nH]c5ccccc45)NC(=O)[C@@]23C(=O)CC[C@H](O)C1=O. The van der Waals surface area contributed by atoms with Gasteiger partial charge in [-0.25, -0.2) is 0 Å². The molecule has 5 rings (SSSR count). The van der Waals surface area contributed by atoms with E-state index in [9.17, 15) is 19.5 Å². The van der Waals surface area contributed by atoms with Gasteiger partial charge < -0.3 is 15.4 Å². The molecule has 0 saturated carbocycles. The lowest BCUT2D eigenvalue weighted by atomic mass is 9.54. The van der Waals surface area contributed by atoms with Crippen LogP contribution in [0.1, 0.15) is 52.5 Å². The van der Waals surface area contributed by atoms with E-state index in [1.165, 1.54) is 5.57 Å². The number of benzene rings is 1. The number of aromatic amines is 1. The number of amides is 1. The summed E-state index contributed by atoms with van der Waals surface area (Å²) in [7, 11) is 0. The molecule has 200 valence electrons. The Morgan fingerprint density at radius 3 is 2.63 bits per heavy atom. The van der Waals surface area contributed by atoms with Crippen molar-refractivity contribution in [3.05, 3.63) is 71.5 Å². The van der Waals surface area contributed by atoms with Gasteiger partial charge in [0.2, 0.25) is 5.91 Å². The molecule has 1 spiro atoms. The number of hydrogen-bond donors (Lipinski definition) is 3. The average Bonchev–Trinajstić information content (AvgIpc) is 3.43. The number of carbonyl (C=O) groups excluding carboxylic acids is 3. The first-order valence-corrected chi connectivity index (χ1v) is 13.8. The van der Waals surface area contributed by atoms with Crippen LogP contribution in [0.25, 0.3) is 10.9 Å². The van der Waals surface area contributed by atoms with E-state index in [0.717, 1.165) is 16.5 Å². The molecule has 1 fully saturated rings. The zero-order valence-electron chi connectivity index (χ0n) is 22.7. The zero-order chi connectivity index (χ0) is 27.2. The Labute approximate surface area is 224 Å². The number of hydrogen-bond acceptors (Lipinski definition) is 4. The number of Topliss-reactive ketones (excluding diaryl/α,β-unsaturated/α-hetero) is 2. The van der Waals surface area contributed by atoms with E-state index in [2.05, 4.69) is 36.3 Å². The number of fused-ring (bicyclic) bond motifs is 1. The third kappa shape index (κ3) is 4.29. The summed E-state index contributed by atoms with van der Waals surface area (Å²) in [6.07, 6.45) is 10.1. The fourth-order valence-corrected chi connectivity index (χ4v) is 7.12. The number of aliphatic hydroxyl groups excluding tert-OH is 1. The van der Waals surface area contributed by atoms with Crippen LogP contribution >= 0.6 is 0 Å². The molecule has 6 nitrogen and oxygen atoms in total. The van der Waals surface area contributed by atoms with Crippen molar-refractivity contribution in [2.24, 2.45) is 29.1 Å². The predicted octanol–water partition coefficient (Wildman–Crippen LogP) is 4.85. The summed E-state index contributed by atoms with van der Waals surface area (Å²) in [5.41, 5.74) is 2.58. The van der Waals surface area contributed by atoms with Gasteiger partial charge in [0.15, 0.2) is 5.78 Å². The molecule has 1 amide bonds. The van der Waals surface area contributed by atoms with Crippen molar-refractivity contribution in [3.63, 3.8) is 0 Å². The Balaban J connectivity index is 1.58. The molecule has 0 unspecified atom stereocenters. The lowest BCUT2D eigenvalue weighted by Gasteiger charge is -2.44. The maximum absolute atomic E-state index is 14.2. The first-order chi connectivity index (χ1) is 18.1. The summed E-state index contributed by atoms with van der Waals surface area (Å²) in [5.74, 6) is -1.29. The van der Waals surface area contributed by atoms with Crippen LogP contribution in [-0.4, -0.2) is 39.7 Å². The number of carbonyl (C=O) groups is 3. The van der Waals surface area contributed by atoms with Crippen molar-refractivity contribution in [3.8, 4) is 0 Å². The highest BCUT2D eigenvalue weighted by molar-refractivity contribution is 6.09. The Morgan fingerprint density at radius 1 is 1.08 bits per heavy atom. The highest BCUT2D eigenvalue weighted by atomic mass is 16.3. The fraction of sp³-hybridized carbons (Fsp3) is 0.469. The topological polar surface area (TPSA) is 99.3 Å². The molecular weight excluding hydrogens is 476 g/mol. The molecule has 1 saturated heterocycles. The van der Waals surface area contributed by atoms with E-state index in [1.54, 1.807) is 6.92 Å². The van der Waals surface area contributed by atoms with Crippen LogP contribution in [0.2, 0.25) is 0 Å². The number of H-pyrrole nitrogens is 1. The van der Waals surface area contributed by atoms with Gasteiger partial charge in [-0.3, -0.25) is 14.4 Å². The van der Waals surface area contributed by atoms with Crippen LogP contribution in [0.15, 0.2) is 65.9 Å². The Bertz CT molecular complexity index is 1360. The molecule has 7 atom stereocenters. The molecule has 2 aromatic rings. The van der Waals surface area contributed by atoms with Crippen molar-refractivity contribution in [1.29, 1.82) is 0 Å². The molecule has 2 heterocycles. The van der Waals surface area contributed by atoms with E-state index in [-0.39, 0.29) is 60.0 Å². The van der Waals surface area contributed by atoms with Gasteiger partial charge in [0.05, 0.1) is 0 Å². The lowest BCUT2D eigenvalue weighted by Crippen LogP contribution is -2.52. The van der Waals surface area contributed by atoms with Crippen molar-refractivity contribution in [2.45, 2.75) is 65.5 Å². The second-order valence-corrected chi connectivity index (χ2v) is 11.6. The second-order valence-electron chi connectivity index (χ2n) is 11.6. The van der Waals surface area contributed by atoms with Crippen LogP contribution < -0.4 is 5.32 Å². The zero-order valence-corrected chi connectivity index (χ0v) is 22.7. The number of aromatic nitrogens is 1. The van der Waals surface area contributed by atoms with E-state index < -0.39 is 11.5 Å². The molecule has 6 heteroatoms. The maximum Gasteiger partial charge on any atom is 0.235 e. The summed E-state index contributed by atoms with van der Waals surface area (Å²) in [5, 5.41) is 15.0. The third-order valence-corrected chi connectivity index (χ3v) is 9.17. The minimum absolute atomic E-state index is 0.0135. The summed E-state index contributed by atoms with van der Waals surface area (Å²) in [4.78, 5) is 44.3. The molecule has 3 aliphatic rings. The number of allylic oxidation sites excluding steroid dienone is 5. The minimum Gasteiger partial charge on any atom is -0.385 e. The van der Waals surface area contributed by atoms with Crippen molar-refractivity contribution < 1.29 is 19.5 Å². The van der Waals surface area contributed by atoms with Crippen molar-refractivity contribution >= 4 is 28.4 Å². The van der Waals surface area contributed by atoms with E-state index in [0.29, 0.717) is 18.4 Å². The van der Waals surface area contributed by atoms with Gasteiger partial charge in [0.25, 0.3) is 0 Å². The van der Waals surface area contributed by atoms with Gasteiger partial charge in [-0.05, 0) is 62.1 Å². The van der Waals surface area contributed by atoms with Crippen LogP contribution in [0.3, 0.4) is 0 Å². The van der Waals surface area contributed by atoms with E-state index >= 15 is 0 Å². The normalized spacial score (nSPS) is 34.4. The molecule has 0 bridgehead atoms. The number of nitrogens with one attached hydrogen (secondary N) is 2. The van der Waals surface area contributed by atoms with Crippen molar-refractivity contribution in [1.82, 2.24) is 10.3 Å². The first-order valence-electron chi connectivity index (χ1n) is 13.8. The standard InChI is InChI=1S/C32H38N2O4/c1-18-8-7-9-23-15-19(2)21(4)29-26(16-22-17-33-25-11-6-5-10-24(22)25)34-31(38)32(23,29)28(36)13-12-27(35)30(37)20(3)14-18/h5-7,9-11,14-15,17-18,21,23,26-27,29,33,35H,8,12-13,16H2,1-4H3,(H,34,38)/t18-,21+,23-,26-,27-,29-,32+/m0/s1. The van der Waals surface area contributed by atoms with Crippen LogP contribution in [-0.2, 0) is 20.8 Å². The summed E-state index contributed by atoms with van der Waals surface area (Å²) < 4.78 is 0. The molecule has 1 aliphatic heterocycles. The van der Waals surface area contributed by atoms with Gasteiger partial charge >= 0.3 is 0 Å². The van der Waals surface area contributed by atoms with Gasteiger partial charge in [-0.15, -0.1) is 0 Å². The van der Waals surface area contributed by atoms with Crippen LogP contribution in [0, 0.1) is 29.1 Å². The molecule has 3 N–H and O–H groups in total. The molecule has 2 aliphatic carbocycles. The number of para-hydroxylation sites is 1. The van der Waals surface area contributed by atoms with Gasteiger partial charge in [-0.1, -0.05) is 61.9 Å². The maximum atomic E-state index is 14.2. The Kier molecular flexibility index (Phi) is 7.03. The Hall–Kier alpha value is -3.25. The van der Waals surface area contributed by atoms with Crippen LogP contribution in [0.4, 0.5) is 0 Å². The minimum atomic E-state index is -1.27. The molecule has 1 aromatic heterocycles. The quantitative estimate of drug-likeness (QED) is 0.394. The lowest BCUT2D eigenvalue weighted by molar-refractivity contribution is -0.145. The van der Waals surface area contributed by atoms with Gasteiger partial charge in [0, 0.05) is 41.4 Å². The van der Waals surface area contributed by atoms with E-state index in [4.69, 9.17) is 0 Å². The summed E-state index contributed by atoms with van der Waals surface area (Å²) >= 11 is 0. The molecule has 38 heavy (non-hydrogen) atoms. The molecular formula is C32H38N2O4. The average molecular weight is 515 g/mol. The third-order valence-electron chi connectivity index (χ3n) is 9.17. The monoisotopic (exact) mass is 514 g/mol. The predicted molar refractivity (Wildman–Crippen MR) is 148 cm³/mol. The van der Waals surface area contributed by atoms with Gasteiger partial charge in [0.1, 0.15) is 17.3 Å². The van der Waals surface area contributed by atoms with Crippen LogP contribution in [0.5, 0.6) is 0 Å². The van der Waals surface area contributed by atoms with Gasteiger partial charge in [-0.2, -0.15) is 0 Å². The van der Waals surface area contributed by atoms with E-state index in [1.807, 2.05) is 49.5 Å². The molecule has 1 aromatic carbocycles. The smallest absolute Gasteiger partial charge is 0.235 e. The highest BCUT2D eigenvalue weighted by Gasteiger charge is 2.65. The fourth-order valence-electron chi connectivity index (χ4n) is 7.12. The summed E-state index contributed by atoms with van der Waals surface area (Å²) in [6, 6.07) is 7.90. The number of rotatable bonds is 2.